The van der Waals surface area contributed by atoms with E-state index in [0.29, 0.717) is 12.3 Å². The first kappa shape index (κ1) is 11.5. The third-order valence-electron chi connectivity index (χ3n) is 3.44. The summed E-state index contributed by atoms with van der Waals surface area (Å²) in [6, 6.07) is 3.96. The van der Waals surface area contributed by atoms with Gasteiger partial charge in [0.05, 0.1) is 5.60 Å². The molecule has 16 heavy (non-hydrogen) atoms. The summed E-state index contributed by atoms with van der Waals surface area (Å²) in [5, 5.41) is 10.2. The average Bonchev–Trinajstić information content (AvgIpc) is 2.16. The molecule has 0 aromatic heterocycles. The van der Waals surface area contributed by atoms with Crippen molar-refractivity contribution in [3.63, 3.8) is 0 Å². The Labute approximate surface area is 94.1 Å². The van der Waals surface area contributed by atoms with Crippen molar-refractivity contribution in [2.45, 2.75) is 38.2 Å². The maximum atomic E-state index is 13.5. The van der Waals surface area contributed by atoms with Gasteiger partial charge in [0.25, 0.3) is 0 Å². The monoisotopic (exact) mass is 226 g/mol. The standard InChI is InChI=1S/C13H16F2O/c1-13(16,8-9-4-2-5-9)10-6-3-7-11(14)12(10)15/h3,6-7,9,16H,2,4-5,8H2,1H3. The second-order valence-corrected chi connectivity index (χ2v) is 4.88. The Kier molecular flexibility index (Phi) is 2.98. The van der Waals surface area contributed by atoms with E-state index < -0.39 is 17.2 Å². The highest BCUT2D eigenvalue weighted by Crippen LogP contribution is 2.38. The van der Waals surface area contributed by atoms with Crippen LogP contribution in [0.3, 0.4) is 0 Å². The van der Waals surface area contributed by atoms with Crippen LogP contribution in [0.1, 0.15) is 38.2 Å². The highest BCUT2D eigenvalue weighted by atomic mass is 19.2. The molecule has 0 bridgehead atoms. The maximum absolute atomic E-state index is 13.5. The number of benzene rings is 1. The molecule has 0 heterocycles. The molecule has 0 saturated heterocycles. The first-order valence-electron chi connectivity index (χ1n) is 5.67. The molecule has 1 saturated carbocycles. The Bertz CT molecular complexity index is 384. The SMILES string of the molecule is CC(O)(CC1CCC1)c1cccc(F)c1F. The summed E-state index contributed by atoms with van der Waals surface area (Å²) < 4.78 is 26.6. The Morgan fingerprint density at radius 1 is 1.38 bits per heavy atom. The molecule has 1 aromatic carbocycles. The van der Waals surface area contributed by atoms with Crippen LogP contribution in [0.25, 0.3) is 0 Å². The molecule has 0 aliphatic heterocycles. The van der Waals surface area contributed by atoms with Crippen LogP contribution >= 0.6 is 0 Å². The zero-order chi connectivity index (χ0) is 11.8. The van der Waals surface area contributed by atoms with Crippen LogP contribution in [0.15, 0.2) is 18.2 Å². The van der Waals surface area contributed by atoms with Gasteiger partial charge in [0, 0.05) is 5.56 Å². The van der Waals surface area contributed by atoms with E-state index in [1.165, 1.54) is 18.6 Å². The van der Waals surface area contributed by atoms with Crippen molar-refractivity contribution in [1.29, 1.82) is 0 Å². The van der Waals surface area contributed by atoms with E-state index in [4.69, 9.17) is 0 Å². The molecule has 2 rings (SSSR count). The molecule has 1 fully saturated rings. The van der Waals surface area contributed by atoms with Crippen molar-refractivity contribution < 1.29 is 13.9 Å². The number of halogens is 2. The van der Waals surface area contributed by atoms with Gasteiger partial charge in [-0.3, -0.25) is 0 Å². The normalized spacial score (nSPS) is 20.2. The summed E-state index contributed by atoms with van der Waals surface area (Å²) in [4.78, 5) is 0. The van der Waals surface area contributed by atoms with Crippen molar-refractivity contribution in [3.8, 4) is 0 Å². The molecule has 0 amide bonds. The molecule has 1 unspecified atom stereocenters. The number of hydrogen-bond acceptors (Lipinski definition) is 1. The zero-order valence-corrected chi connectivity index (χ0v) is 9.34. The largest absolute Gasteiger partial charge is 0.385 e. The lowest BCUT2D eigenvalue weighted by Crippen LogP contribution is -2.29. The average molecular weight is 226 g/mol. The lowest BCUT2D eigenvalue weighted by atomic mass is 9.75. The molecule has 1 atom stereocenters. The van der Waals surface area contributed by atoms with Gasteiger partial charge >= 0.3 is 0 Å². The van der Waals surface area contributed by atoms with Gasteiger partial charge in [0.1, 0.15) is 0 Å². The van der Waals surface area contributed by atoms with E-state index in [1.54, 1.807) is 6.92 Å². The molecular formula is C13H16F2O. The van der Waals surface area contributed by atoms with E-state index in [-0.39, 0.29) is 5.56 Å². The summed E-state index contributed by atoms with van der Waals surface area (Å²) in [6.07, 6.45) is 3.83. The van der Waals surface area contributed by atoms with Gasteiger partial charge in [0.2, 0.25) is 0 Å². The minimum absolute atomic E-state index is 0.0689. The third kappa shape index (κ3) is 2.09. The molecule has 1 aromatic rings. The fourth-order valence-electron chi connectivity index (χ4n) is 2.29. The summed E-state index contributed by atoms with van der Waals surface area (Å²) >= 11 is 0. The highest BCUT2D eigenvalue weighted by Gasteiger charge is 2.33. The fraction of sp³-hybridized carbons (Fsp3) is 0.538. The molecule has 1 aliphatic carbocycles. The van der Waals surface area contributed by atoms with Crippen molar-refractivity contribution in [1.82, 2.24) is 0 Å². The first-order valence-corrected chi connectivity index (χ1v) is 5.67. The van der Waals surface area contributed by atoms with E-state index >= 15 is 0 Å². The van der Waals surface area contributed by atoms with Gasteiger partial charge in [-0.2, -0.15) is 0 Å². The lowest BCUT2D eigenvalue weighted by molar-refractivity contribution is 0.0125. The van der Waals surface area contributed by atoms with Crippen molar-refractivity contribution in [3.05, 3.63) is 35.4 Å². The third-order valence-corrected chi connectivity index (χ3v) is 3.44. The van der Waals surface area contributed by atoms with Gasteiger partial charge < -0.3 is 5.11 Å². The smallest absolute Gasteiger partial charge is 0.164 e. The number of aliphatic hydroxyl groups is 1. The minimum atomic E-state index is -1.27. The second kappa shape index (κ2) is 4.13. The molecule has 0 spiro atoms. The van der Waals surface area contributed by atoms with Gasteiger partial charge in [-0.15, -0.1) is 0 Å². The van der Waals surface area contributed by atoms with Crippen LogP contribution in [0.2, 0.25) is 0 Å². The van der Waals surface area contributed by atoms with Gasteiger partial charge in [-0.05, 0) is 25.3 Å². The number of hydrogen-bond donors (Lipinski definition) is 1. The summed E-state index contributed by atoms with van der Waals surface area (Å²) in [5.74, 6) is -1.38. The second-order valence-electron chi connectivity index (χ2n) is 4.88. The Hall–Kier alpha value is -0.960. The van der Waals surface area contributed by atoms with Crippen LogP contribution in [-0.4, -0.2) is 5.11 Å². The van der Waals surface area contributed by atoms with E-state index in [1.807, 2.05) is 0 Å². The summed E-state index contributed by atoms with van der Waals surface area (Å²) in [6.45, 7) is 1.56. The van der Waals surface area contributed by atoms with Crippen molar-refractivity contribution in [2.24, 2.45) is 5.92 Å². The molecule has 1 N–H and O–H groups in total. The van der Waals surface area contributed by atoms with Crippen LogP contribution < -0.4 is 0 Å². The Morgan fingerprint density at radius 2 is 2.06 bits per heavy atom. The zero-order valence-electron chi connectivity index (χ0n) is 9.34. The summed E-state index contributed by atoms with van der Waals surface area (Å²) in [7, 11) is 0. The molecular weight excluding hydrogens is 210 g/mol. The Balaban J connectivity index is 2.23. The Morgan fingerprint density at radius 3 is 2.62 bits per heavy atom. The summed E-state index contributed by atoms with van der Waals surface area (Å²) in [5.41, 5.74) is -1.20. The topological polar surface area (TPSA) is 20.2 Å². The predicted octanol–water partition coefficient (Wildman–Crippen LogP) is 3.36. The molecule has 0 radical (unpaired) electrons. The van der Waals surface area contributed by atoms with Crippen LogP contribution in [0.5, 0.6) is 0 Å². The minimum Gasteiger partial charge on any atom is -0.385 e. The fourth-order valence-corrected chi connectivity index (χ4v) is 2.29. The van der Waals surface area contributed by atoms with E-state index in [9.17, 15) is 13.9 Å². The van der Waals surface area contributed by atoms with E-state index in [0.717, 1.165) is 18.9 Å². The molecule has 1 nitrogen and oxygen atoms in total. The van der Waals surface area contributed by atoms with Crippen molar-refractivity contribution in [2.75, 3.05) is 0 Å². The first-order chi connectivity index (χ1) is 7.50. The lowest BCUT2D eigenvalue weighted by Gasteiger charge is -2.33. The van der Waals surface area contributed by atoms with E-state index in [2.05, 4.69) is 0 Å². The van der Waals surface area contributed by atoms with Gasteiger partial charge in [-0.25, -0.2) is 8.78 Å². The predicted molar refractivity (Wildman–Crippen MR) is 57.9 cm³/mol. The molecule has 1 aliphatic rings. The van der Waals surface area contributed by atoms with Crippen molar-refractivity contribution >= 4 is 0 Å². The van der Waals surface area contributed by atoms with Gasteiger partial charge in [-0.1, -0.05) is 31.4 Å². The maximum Gasteiger partial charge on any atom is 0.164 e. The quantitative estimate of drug-likeness (QED) is 0.837. The highest BCUT2D eigenvalue weighted by molar-refractivity contribution is 5.24. The van der Waals surface area contributed by atoms with Crippen LogP contribution in [0.4, 0.5) is 8.78 Å². The number of rotatable bonds is 3. The molecule has 3 heteroatoms. The van der Waals surface area contributed by atoms with Gasteiger partial charge in [0.15, 0.2) is 11.6 Å². The van der Waals surface area contributed by atoms with Crippen LogP contribution in [0, 0.1) is 17.6 Å². The van der Waals surface area contributed by atoms with Crippen LogP contribution in [-0.2, 0) is 5.60 Å². The molecule has 88 valence electrons.